The summed E-state index contributed by atoms with van der Waals surface area (Å²) in [6.45, 7) is 6.93. The highest BCUT2D eigenvalue weighted by molar-refractivity contribution is 5.83. The fourth-order valence-corrected chi connectivity index (χ4v) is 2.23. The van der Waals surface area contributed by atoms with Crippen molar-refractivity contribution in [2.24, 2.45) is 5.92 Å². The molecule has 1 aromatic heterocycles. The Morgan fingerprint density at radius 2 is 2.05 bits per heavy atom. The number of fused-ring (bicyclic) bond motifs is 1. The number of nitrogens with one attached hydrogen (secondary N) is 1. The van der Waals surface area contributed by atoms with Gasteiger partial charge in [-0.1, -0.05) is 26.0 Å². The molecule has 1 unspecified atom stereocenters. The van der Waals surface area contributed by atoms with Gasteiger partial charge in [0.15, 0.2) is 0 Å². The summed E-state index contributed by atoms with van der Waals surface area (Å²) in [5.74, 6) is 0.192. The first-order chi connectivity index (χ1) is 10.0. The van der Waals surface area contributed by atoms with Gasteiger partial charge in [-0.3, -0.25) is 4.98 Å². The molecule has 0 saturated carbocycles. The number of aromatic nitrogens is 1. The van der Waals surface area contributed by atoms with E-state index in [1.54, 1.807) is 0 Å². The molecule has 0 radical (unpaired) electrons. The Hall–Kier alpha value is -1.94. The Kier molecular flexibility index (Phi) is 4.91. The SMILES string of the molecule is COC(=O)C(NCC(C)C)c1ccc2nc(C)ccc2c1. The lowest BCUT2D eigenvalue weighted by Crippen LogP contribution is -2.32. The molecule has 0 bridgehead atoms. The van der Waals surface area contributed by atoms with Gasteiger partial charge >= 0.3 is 5.97 Å². The molecular formula is C17H22N2O2. The van der Waals surface area contributed by atoms with Gasteiger partial charge in [0.25, 0.3) is 0 Å². The van der Waals surface area contributed by atoms with E-state index in [4.69, 9.17) is 4.74 Å². The number of esters is 1. The Morgan fingerprint density at radius 1 is 1.29 bits per heavy atom. The summed E-state index contributed by atoms with van der Waals surface area (Å²) >= 11 is 0. The maximum atomic E-state index is 12.0. The largest absolute Gasteiger partial charge is 0.468 e. The third-order valence-corrected chi connectivity index (χ3v) is 3.35. The maximum absolute atomic E-state index is 12.0. The average molecular weight is 286 g/mol. The van der Waals surface area contributed by atoms with E-state index in [1.807, 2.05) is 37.3 Å². The first kappa shape index (κ1) is 15.4. The van der Waals surface area contributed by atoms with Crippen LogP contribution < -0.4 is 5.32 Å². The standard InChI is InChI=1S/C17H22N2O2/c1-11(2)10-18-16(17(20)21-4)14-7-8-15-13(9-14)6-5-12(3)19-15/h5-9,11,16,18H,10H2,1-4H3. The summed E-state index contributed by atoms with van der Waals surface area (Å²) in [5.41, 5.74) is 2.82. The molecule has 1 heterocycles. The van der Waals surface area contributed by atoms with Gasteiger partial charge in [0, 0.05) is 11.1 Å². The van der Waals surface area contributed by atoms with Crippen LogP contribution in [0.2, 0.25) is 0 Å². The number of aryl methyl sites for hydroxylation is 1. The molecule has 0 amide bonds. The van der Waals surface area contributed by atoms with Gasteiger partial charge in [-0.25, -0.2) is 4.79 Å². The van der Waals surface area contributed by atoms with E-state index in [2.05, 4.69) is 24.1 Å². The van der Waals surface area contributed by atoms with Crippen molar-refractivity contribution >= 4 is 16.9 Å². The lowest BCUT2D eigenvalue weighted by Gasteiger charge is -2.18. The monoisotopic (exact) mass is 286 g/mol. The van der Waals surface area contributed by atoms with E-state index in [0.717, 1.165) is 28.7 Å². The van der Waals surface area contributed by atoms with Crippen LogP contribution in [0.4, 0.5) is 0 Å². The molecular weight excluding hydrogens is 264 g/mol. The second-order valence-corrected chi connectivity index (χ2v) is 5.66. The van der Waals surface area contributed by atoms with Crippen LogP contribution >= 0.6 is 0 Å². The number of benzene rings is 1. The predicted molar refractivity (Wildman–Crippen MR) is 84.1 cm³/mol. The lowest BCUT2D eigenvalue weighted by atomic mass is 10.0. The number of hydrogen-bond donors (Lipinski definition) is 1. The highest BCUT2D eigenvalue weighted by Gasteiger charge is 2.21. The highest BCUT2D eigenvalue weighted by Crippen LogP contribution is 2.21. The zero-order chi connectivity index (χ0) is 15.4. The summed E-state index contributed by atoms with van der Waals surface area (Å²) in [6.07, 6.45) is 0. The summed E-state index contributed by atoms with van der Waals surface area (Å²) in [7, 11) is 1.42. The molecule has 2 rings (SSSR count). The van der Waals surface area contributed by atoms with E-state index in [0.29, 0.717) is 5.92 Å². The Balaban J connectivity index is 2.34. The van der Waals surface area contributed by atoms with Crippen molar-refractivity contribution in [1.29, 1.82) is 0 Å². The third kappa shape index (κ3) is 3.79. The summed E-state index contributed by atoms with van der Waals surface area (Å²) in [6, 6.07) is 9.44. The normalized spacial score (nSPS) is 12.6. The number of carbonyl (C=O) groups excluding carboxylic acids is 1. The molecule has 0 aliphatic heterocycles. The number of methoxy groups -OCH3 is 1. The van der Waals surface area contributed by atoms with Crippen molar-refractivity contribution < 1.29 is 9.53 Å². The van der Waals surface area contributed by atoms with Crippen LogP contribution in [0.3, 0.4) is 0 Å². The van der Waals surface area contributed by atoms with E-state index in [-0.39, 0.29) is 5.97 Å². The van der Waals surface area contributed by atoms with Crippen molar-refractivity contribution in [1.82, 2.24) is 10.3 Å². The number of rotatable bonds is 5. The van der Waals surface area contributed by atoms with Crippen molar-refractivity contribution in [3.8, 4) is 0 Å². The molecule has 0 aliphatic rings. The minimum absolute atomic E-state index is 0.268. The number of carbonyl (C=O) groups is 1. The van der Waals surface area contributed by atoms with Crippen molar-refractivity contribution in [3.63, 3.8) is 0 Å². The molecule has 0 aliphatic carbocycles. The fourth-order valence-electron chi connectivity index (χ4n) is 2.23. The van der Waals surface area contributed by atoms with Crippen LogP contribution in [-0.2, 0) is 9.53 Å². The molecule has 4 nitrogen and oxygen atoms in total. The molecule has 0 fully saturated rings. The molecule has 21 heavy (non-hydrogen) atoms. The second-order valence-electron chi connectivity index (χ2n) is 5.66. The minimum Gasteiger partial charge on any atom is -0.468 e. The van der Waals surface area contributed by atoms with E-state index >= 15 is 0 Å². The van der Waals surface area contributed by atoms with Crippen LogP contribution in [0.25, 0.3) is 10.9 Å². The lowest BCUT2D eigenvalue weighted by molar-refractivity contribution is -0.143. The van der Waals surface area contributed by atoms with Crippen LogP contribution in [0.1, 0.15) is 31.1 Å². The third-order valence-electron chi connectivity index (χ3n) is 3.35. The number of nitrogens with zero attached hydrogens (tertiary/aromatic N) is 1. The van der Waals surface area contributed by atoms with Gasteiger partial charge in [-0.2, -0.15) is 0 Å². The van der Waals surface area contributed by atoms with Crippen LogP contribution in [0, 0.1) is 12.8 Å². The van der Waals surface area contributed by atoms with Crippen molar-refractivity contribution in [3.05, 3.63) is 41.6 Å². The zero-order valence-electron chi connectivity index (χ0n) is 13.0. The van der Waals surface area contributed by atoms with Crippen LogP contribution in [0.5, 0.6) is 0 Å². The fraction of sp³-hybridized carbons (Fsp3) is 0.412. The molecule has 4 heteroatoms. The topological polar surface area (TPSA) is 51.2 Å². The quantitative estimate of drug-likeness (QED) is 0.858. The Labute approximate surface area is 125 Å². The number of hydrogen-bond acceptors (Lipinski definition) is 4. The minimum atomic E-state index is -0.442. The second kappa shape index (κ2) is 6.68. The molecule has 112 valence electrons. The van der Waals surface area contributed by atoms with E-state index in [9.17, 15) is 4.79 Å². The maximum Gasteiger partial charge on any atom is 0.327 e. The summed E-state index contributed by atoms with van der Waals surface area (Å²) in [4.78, 5) is 16.5. The molecule has 1 N–H and O–H groups in total. The van der Waals surface area contributed by atoms with Gasteiger partial charge in [-0.15, -0.1) is 0 Å². The number of pyridine rings is 1. The predicted octanol–water partition coefficient (Wildman–Crippen LogP) is 3.00. The summed E-state index contributed by atoms with van der Waals surface area (Å²) in [5, 5.41) is 4.29. The van der Waals surface area contributed by atoms with Crippen LogP contribution in [-0.4, -0.2) is 24.6 Å². The molecule has 0 saturated heterocycles. The van der Waals surface area contributed by atoms with Gasteiger partial charge < -0.3 is 10.1 Å². The van der Waals surface area contributed by atoms with Crippen LogP contribution in [0.15, 0.2) is 30.3 Å². The first-order valence-corrected chi connectivity index (χ1v) is 7.19. The Bertz CT molecular complexity index is 638. The van der Waals surface area contributed by atoms with Gasteiger partial charge in [0.1, 0.15) is 6.04 Å². The van der Waals surface area contributed by atoms with E-state index in [1.165, 1.54) is 7.11 Å². The molecule has 2 aromatic rings. The van der Waals surface area contributed by atoms with E-state index < -0.39 is 6.04 Å². The van der Waals surface area contributed by atoms with Gasteiger partial charge in [0.2, 0.25) is 0 Å². The van der Waals surface area contributed by atoms with Crippen molar-refractivity contribution in [2.75, 3.05) is 13.7 Å². The van der Waals surface area contributed by atoms with Crippen molar-refractivity contribution in [2.45, 2.75) is 26.8 Å². The number of ether oxygens (including phenoxy) is 1. The Morgan fingerprint density at radius 3 is 2.71 bits per heavy atom. The van der Waals surface area contributed by atoms with Gasteiger partial charge in [0.05, 0.1) is 12.6 Å². The first-order valence-electron chi connectivity index (χ1n) is 7.19. The summed E-state index contributed by atoms with van der Waals surface area (Å²) < 4.78 is 4.91. The van der Waals surface area contributed by atoms with Gasteiger partial charge in [-0.05, 0) is 43.1 Å². The zero-order valence-corrected chi connectivity index (χ0v) is 13.0. The molecule has 0 spiro atoms. The smallest absolute Gasteiger partial charge is 0.327 e. The molecule has 1 aromatic carbocycles. The average Bonchev–Trinajstić information content (AvgIpc) is 2.46. The molecule has 1 atom stereocenters. The highest BCUT2D eigenvalue weighted by atomic mass is 16.5.